The number of amides is 1. The van der Waals surface area contributed by atoms with Crippen LogP contribution in [-0.4, -0.2) is 57.6 Å². The second kappa shape index (κ2) is 8.99. The van der Waals surface area contributed by atoms with Gasteiger partial charge in [-0.25, -0.2) is 9.37 Å². The molecule has 10 heteroatoms. The number of nitrogens with one attached hydrogen (secondary N) is 1. The topological polar surface area (TPSA) is 65.8 Å². The summed E-state index contributed by atoms with van der Waals surface area (Å²) in [7, 11) is 0. The molecule has 2 fully saturated rings. The Hall–Kier alpha value is -2.98. The number of aromatic nitrogens is 3. The number of anilines is 2. The fraction of sp³-hybridized carbons (Fsp3) is 0.375. The van der Waals surface area contributed by atoms with Crippen LogP contribution in [-0.2, 0) is 0 Å². The second-order valence-corrected chi connectivity index (χ2v) is 10.7. The third-order valence-corrected chi connectivity index (χ3v) is 8.38. The quantitative estimate of drug-likeness (QED) is 0.422. The van der Waals surface area contributed by atoms with E-state index in [4.69, 9.17) is 10.1 Å². The summed E-state index contributed by atoms with van der Waals surface area (Å²) >= 11 is 3.02. The lowest BCUT2D eigenvalue weighted by Crippen LogP contribution is -2.48. The van der Waals surface area contributed by atoms with Crippen LogP contribution in [0.3, 0.4) is 0 Å². The highest BCUT2D eigenvalue weighted by molar-refractivity contribution is 7.20. The fourth-order valence-corrected chi connectivity index (χ4v) is 6.40. The van der Waals surface area contributed by atoms with E-state index in [2.05, 4.69) is 10.2 Å². The zero-order valence-electron chi connectivity index (χ0n) is 18.6. The molecular weight excluding hydrogens is 471 g/mol. The number of carbonyl (C=O) groups excluding carboxylic acids is 1. The number of piperazine rings is 1. The number of fused-ring (bicyclic) bond motifs is 1. The highest BCUT2D eigenvalue weighted by Crippen LogP contribution is 2.35. The minimum absolute atomic E-state index is 0.103. The van der Waals surface area contributed by atoms with E-state index in [0.29, 0.717) is 19.1 Å². The molecule has 3 aromatic heterocycles. The molecule has 0 atom stereocenters. The number of thiophene rings is 1. The lowest BCUT2D eigenvalue weighted by atomic mass is 10.1. The van der Waals surface area contributed by atoms with Crippen LogP contribution < -0.4 is 10.2 Å². The lowest BCUT2D eigenvalue weighted by molar-refractivity contribution is 0.0751. The van der Waals surface area contributed by atoms with Gasteiger partial charge in [0.25, 0.3) is 5.91 Å². The normalized spacial score (nSPS) is 17.1. The molecule has 7 nitrogen and oxygen atoms in total. The molecule has 1 aromatic carbocycles. The van der Waals surface area contributed by atoms with Gasteiger partial charge in [-0.05, 0) is 36.4 Å². The van der Waals surface area contributed by atoms with Crippen molar-refractivity contribution in [2.24, 2.45) is 0 Å². The van der Waals surface area contributed by atoms with Crippen molar-refractivity contribution in [1.82, 2.24) is 19.5 Å². The summed E-state index contributed by atoms with van der Waals surface area (Å²) in [5.74, 6) is 0.664. The second-order valence-electron chi connectivity index (χ2n) is 8.78. The summed E-state index contributed by atoms with van der Waals surface area (Å²) < 4.78 is 15.8. The molecule has 1 saturated carbocycles. The Morgan fingerprint density at radius 2 is 1.91 bits per heavy atom. The Kier molecular flexibility index (Phi) is 5.70. The van der Waals surface area contributed by atoms with E-state index in [1.54, 1.807) is 6.07 Å². The van der Waals surface area contributed by atoms with Gasteiger partial charge in [-0.2, -0.15) is 4.52 Å². The predicted molar refractivity (Wildman–Crippen MR) is 135 cm³/mol. The number of halogens is 1. The molecule has 0 bridgehead atoms. The lowest BCUT2D eigenvalue weighted by Gasteiger charge is -2.34. The first-order valence-corrected chi connectivity index (χ1v) is 13.3. The molecule has 2 aliphatic rings. The largest absolute Gasteiger partial charge is 0.365 e. The summed E-state index contributed by atoms with van der Waals surface area (Å²) in [5, 5.41) is 11.4. The van der Waals surface area contributed by atoms with Crippen LogP contribution >= 0.6 is 22.7 Å². The summed E-state index contributed by atoms with van der Waals surface area (Å²) in [5.41, 5.74) is 1.49. The van der Waals surface area contributed by atoms with E-state index in [1.807, 2.05) is 33.0 Å². The first-order chi connectivity index (χ1) is 16.7. The van der Waals surface area contributed by atoms with Crippen LogP contribution in [0.25, 0.3) is 16.2 Å². The van der Waals surface area contributed by atoms with E-state index in [0.717, 1.165) is 58.0 Å². The van der Waals surface area contributed by atoms with Gasteiger partial charge in [-0.3, -0.25) is 4.79 Å². The standard InChI is InChI=1S/C24H25FN6OS2/c25-17-6-3-5-16(15-17)20-21(26-18-7-1-2-8-18)31-23(27-20)34-24(28-31)30-12-10-29(11-13-30)22(32)19-9-4-14-33-19/h3-6,9,14-15,18,26H,1-2,7-8,10-13H2. The minimum Gasteiger partial charge on any atom is -0.365 e. The van der Waals surface area contributed by atoms with Crippen LogP contribution in [0, 0.1) is 5.82 Å². The van der Waals surface area contributed by atoms with Crippen LogP contribution in [0.2, 0.25) is 0 Å². The zero-order chi connectivity index (χ0) is 23.1. The van der Waals surface area contributed by atoms with Crippen molar-refractivity contribution in [3.63, 3.8) is 0 Å². The van der Waals surface area contributed by atoms with Gasteiger partial charge < -0.3 is 15.1 Å². The molecule has 34 heavy (non-hydrogen) atoms. The summed E-state index contributed by atoms with van der Waals surface area (Å²) in [6, 6.07) is 10.7. The highest BCUT2D eigenvalue weighted by Gasteiger charge is 2.27. The van der Waals surface area contributed by atoms with Gasteiger partial charge in [-0.1, -0.05) is 42.4 Å². The van der Waals surface area contributed by atoms with Crippen molar-refractivity contribution >= 4 is 44.5 Å². The Labute approximate surface area is 204 Å². The average Bonchev–Trinajstić information content (AvgIpc) is 3.65. The molecule has 176 valence electrons. The van der Waals surface area contributed by atoms with Gasteiger partial charge in [0.15, 0.2) is 5.82 Å². The molecule has 1 amide bonds. The predicted octanol–water partition coefficient (Wildman–Crippen LogP) is 4.98. The first kappa shape index (κ1) is 21.5. The zero-order valence-corrected chi connectivity index (χ0v) is 20.2. The molecule has 0 radical (unpaired) electrons. The third kappa shape index (κ3) is 4.05. The minimum atomic E-state index is -0.274. The van der Waals surface area contributed by atoms with Gasteiger partial charge in [-0.15, -0.1) is 16.4 Å². The molecular formula is C24H25FN6OS2. The number of hydrogen-bond donors (Lipinski definition) is 1. The van der Waals surface area contributed by atoms with Crippen LogP contribution in [0.5, 0.6) is 0 Å². The summed E-state index contributed by atoms with van der Waals surface area (Å²) in [4.78, 5) is 23.2. The maximum absolute atomic E-state index is 14.0. The van der Waals surface area contributed by atoms with Gasteiger partial charge in [0.05, 0.1) is 4.88 Å². The van der Waals surface area contributed by atoms with E-state index in [-0.39, 0.29) is 11.7 Å². The Morgan fingerprint density at radius 1 is 1.09 bits per heavy atom. The number of imidazole rings is 1. The van der Waals surface area contributed by atoms with Crippen molar-refractivity contribution in [1.29, 1.82) is 0 Å². The van der Waals surface area contributed by atoms with Crippen molar-refractivity contribution in [2.75, 3.05) is 36.4 Å². The fourth-order valence-electron chi connectivity index (χ4n) is 4.75. The molecule has 1 aliphatic carbocycles. The van der Waals surface area contributed by atoms with Crippen molar-refractivity contribution in [3.8, 4) is 11.3 Å². The molecule has 1 aliphatic heterocycles. The van der Waals surface area contributed by atoms with Crippen molar-refractivity contribution in [2.45, 2.75) is 31.7 Å². The molecule has 1 N–H and O–H groups in total. The number of rotatable bonds is 5. The Balaban J connectivity index is 1.26. The van der Waals surface area contributed by atoms with Crippen molar-refractivity contribution in [3.05, 3.63) is 52.5 Å². The van der Waals surface area contributed by atoms with Crippen LogP contribution in [0.4, 0.5) is 15.3 Å². The van der Waals surface area contributed by atoms with E-state index in [9.17, 15) is 9.18 Å². The number of benzene rings is 1. The third-order valence-electron chi connectivity index (χ3n) is 6.56. The monoisotopic (exact) mass is 496 g/mol. The molecule has 0 spiro atoms. The summed E-state index contributed by atoms with van der Waals surface area (Å²) in [6.07, 6.45) is 4.66. The van der Waals surface area contributed by atoms with Crippen LogP contribution in [0.15, 0.2) is 41.8 Å². The van der Waals surface area contributed by atoms with Crippen LogP contribution in [0.1, 0.15) is 35.4 Å². The highest BCUT2D eigenvalue weighted by atomic mass is 32.1. The van der Waals surface area contributed by atoms with Gasteiger partial charge in [0, 0.05) is 37.8 Å². The maximum Gasteiger partial charge on any atom is 0.264 e. The Morgan fingerprint density at radius 3 is 2.65 bits per heavy atom. The van der Waals surface area contributed by atoms with E-state index < -0.39 is 0 Å². The first-order valence-electron chi connectivity index (χ1n) is 11.7. The molecule has 1 saturated heterocycles. The number of hydrogen-bond acceptors (Lipinski definition) is 7. The van der Waals surface area contributed by atoms with Gasteiger partial charge >= 0.3 is 0 Å². The molecule has 0 unspecified atom stereocenters. The van der Waals surface area contributed by atoms with E-state index >= 15 is 0 Å². The smallest absolute Gasteiger partial charge is 0.264 e. The molecule has 4 aromatic rings. The molecule has 6 rings (SSSR count). The average molecular weight is 497 g/mol. The SMILES string of the molecule is O=C(c1cccs1)N1CCN(c2nn3c(NC4CCCC4)c(-c4cccc(F)c4)nc3s2)CC1. The molecule has 4 heterocycles. The summed E-state index contributed by atoms with van der Waals surface area (Å²) in [6.45, 7) is 2.80. The van der Waals surface area contributed by atoms with E-state index in [1.165, 1.54) is 47.6 Å². The Bertz CT molecular complexity index is 1300. The van der Waals surface area contributed by atoms with Crippen molar-refractivity contribution < 1.29 is 9.18 Å². The van der Waals surface area contributed by atoms with Gasteiger partial charge in [0.1, 0.15) is 11.5 Å². The maximum atomic E-state index is 14.0. The number of nitrogens with zero attached hydrogens (tertiary/aromatic N) is 5. The van der Waals surface area contributed by atoms with Gasteiger partial charge in [0.2, 0.25) is 10.1 Å². The number of carbonyl (C=O) groups is 1.